The number of halogens is 1. The second-order valence-corrected chi connectivity index (χ2v) is 4.81. The van der Waals surface area contributed by atoms with E-state index in [4.69, 9.17) is 4.74 Å². The molecule has 21 heavy (non-hydrogen) atoms. The average molecular weight is 315 g/mol. The third-order valence-electron chi connectivity index (χ3n) is 3.03. The van der Waals surface area contributed by atoms with Crippen molar-refractivity contribution in [2.45, 2.75) is 39.3 Å². The van der Waals surface area contributed by atoms with E-state index in [-0.39, 0.29) is 18.3 Å². The molecule has 1 amide bonds. The predicted octanol–water partition coefficient (Wildman–Crippen LogP) is 2.65. The molecule has 0 fully saturated rings. The van der Waals surface area contributed by atoms with Crippen LogP contribution in [-0.2, 0) is 22.7 Å². The van der Waals surface area contributed by atoms with Crippen LogP contribution in [0.4, 0.5) is 0 Å². The molecule has 0 aliphatic heterocycles. The predicted molar refractivity (Wildman–Crippen MR) is 88.6 cm³/mol. The molecule has 0 aliphatic carbocycles. The summed E-state index contributed by atoms with van der Waals surface area (Å²) in [5.41, 5.74) is 2.28. The molecule has 0 heterocycles. The summed E-state index contributed by atoms with van der Waals surface area (Å²) in [5.74, 6) is 0.101. The number of hydrogen-bond donors (Lipinski definition) is 2. The van der Waals surface area contributed by atoms with Crippen molar-refractivity contribution in [3.05, 3.63) is 35.4 Å². The lowest BCUT2D eigenvalue weighted by Gasteiger charge is -2.11. The van der Waals surface area contributed by atoms with Gasteiger partial charge in [0.25, 0.3) is 0 Å². The van der Waals surface area contributed by atoms with Crippen molar-refractivity contribution in [2.24, 2.45) is 0 Å². The second-order valence-electron chi connectivity index (χ2n) is 4.81. The fourth-order valence-corrected chi connectivity index (χ4v) is 1.91. The molecule has 5 heteroatoms. The van der Waals surface area contributed by atoms with Crippen molar-refractivity contribution in [1.29, 1.82) is 0 Å². The zero-order valence-corrected chi connectivity index (χ0v) is 13.8. The number of carbonyl (C=O) groups excluding carboxylic acids is 1. The Kier molecular flexibility index (Phi) is 12.0. The van der Waals surface area contributed by atoms with Crippen LogP contribution >= 0.6 is 12.4 Å². The highest BCUT2D eigenvalue weighted by molar-refractivity contribution is 5.85. The summed E-state index contributed by atoms with van der Waals surface area (Å²) in [4.78, 5) is 11.7. The molecule has 1 aromatic carbocycles. The molecule has 0 radical (unpaired) electrons. The van der Waals surface area contributed by atoms with Crippen LogP contribution in [0.3, 0.4) is 0 Å². The van der Waals surface area contributed by atoms with Gasteiger partial charge >= 0.3 is 0 Å². The van der Waals surface area contributed by atoms with Crippen molar-refractivity contribution in [3.63, 3.8) is 0 Å². The summed E-state index contributed by atoms with van der Waals surface area (Å²) in [7, 11) is 1.89. The summed E-state index contributed by atoms with van der Waals surface area (Å²) in [6.07, 6.45) is 2.45. The van der Waals surface area contributed by atoms with Crippen LogP contribution in [0, 0.1) is 0 Å². The van der Waals surface area contributed by atoms with Crippen LogP contribution in [0.25, 0.3) is 0 Å². The maximum Gasteiger partial charge on any atom is 0.220 e. The zero-order chi connectivity index (χ0) is 14.6. The SMILES string of the molecule is CCCOCc1ccccc1CNC(=O)CCCNC.Cl. The fraction of sp³-hybridized carbons (Fsp3) is 0.562. The van der Waals surface area contributed by atoms with Crippen molar-refractivity contribution in [2.75, 3.05) is 20.2 Å². The number of carbonyl (C=O) groups is 1. The van der Waals surface area contributed by atoms with Gasteiger partial charge in [-0.05, 0) is 37.6 Å². The smallest absolute Gasteiger partial charge is 0.220 e. The van der Waals surface area contributed by atoms with Gasteiger partial charge in [0.1, 0.15) is 0 Å². The number of nitrogens with one attached hydrogen (secondary N) is 2. The first-order valence-corrected chi connectivity index (χ1v) is 7.33. The Morgan fingerprint density at radius 2 is 1.95 bits per heavy atom. The molecule has 0 saturated heterocycles. The van der Waals surface area contributed by atoms with E-state index in [2.05, 4.69) is 23.6 Å². The highest BCUT2D eigenvalue weighted by Gasteiger charge is 2.04. The largest absolute Gasteiger partial charge is 0.377 e. The molecule has 0 aromatic heterocycles. The second kappa shape index (κ2) is 12.6. The highest BCUT2D eigenvalue weighted by Crippen LogP contribution is 2.10. The summed E-state index contributed by atoms with van der Waals surface area (Å²) in [6, 6.07) is 8.09. The lowest BCUT2D eigenvalue weighted by atomic mass is 10.1. The van der Waals surface area contributed by atoms with Crippen molar-refractivity contribution in [1.82, 2.24) is 10.6 Å². The first-order chi connectivity index (χ1) is 9.77. The highest BCUT2D eigenvalue weighted by atomic mass is 35.5. The van der Waals surface area contributed by atoms with Crippen molar-refractivity contribution < 1.29 is 9.53 Å². The number of amides is 1. The van der Waals surface area contributed by atoms with Gasteiger partial charge in [-0.1, -0.05) is 31.2 Å². The van der Waals surface area contributed by atoms with Gasteiger partial charge in [0.2, 0.25) is 5.91 Å². The maximum atomic E-state index is 11.7. The molecule has 0 unspecified atom stereocenters. The van der Waals surface area contributed by atoms with E-state index in [1.807, 2.05) is 25.2 Å². The molecule has 1 aromatic rings. The average Bonchev–Trinajstić information content (AvgIpc) is 2.47. The minimum Gasteiger partial charge on any atom is -0.377 e. The molecule has 120 valence electrons. The number of ether oxygens (including phenoxy) is 1. The van der Waals surface area contributed by atoms with E-state index in [0.29, 0.717) is 19.6 Å². The van der Waals surface area contributed by atoms with Gasteiger partial charge in [-0.2, -0.15) is 0 Å². The molecule has 0 aliphatic rings. The summed E-state index contributed by atoms with van der Waals surface area (Å²) >= 11 is 0. The molecular weight excluding hydrogens is 288 g/mol. The van der Waals surface area contributed by atoms with Gasteiger partial charge in [-0.3, -0.25) is 4.79 Å². The summed E-state index contributed by atoms with van der Waals surface area (Å²) in [6.45, 7) is 4.92. The fourth-order valence-electron chi connectivity index (χ4n) is 1.91. The van der Waals surface area contributed by atoms with Crippen molar-refractivity contribution in [3.8, 4) is 0 Å². The summed E-state index contributed by atoms with van der Waals surface area (Å²) < 4.78 is 5.57. The molecule has 2 N–H and O–H groups in total. The van der Waals surface area contributed by atoms with Gasteiger partial charge in [0.15, 0.2) is 0 Å². The Labute approximate surface area is 134 Å². The quantitative estimate of drug-likeness (QED) is 0.653. The Morgan fingerprint density at radius 3 is 2.62 bits per heavy atom. The number of rotatable bonds is 10. The number of benzene rings is 1. The van der Waals surface area contributed by atoms with E-state index < -0.39 is 0 Å². The first-order valence-electron chi connectivity index (χ1n) is 7.33. The molecule has 0 saturated carbocycles. The Balaban J connectivity index is 0.00000400. The van der Waals surface area contributed by atoms with Crippen molar-refractivity contribution >= 4 is 18.3 Å². The van der Waals surface area contributed by atoms with Crippen LogP contribution in [0.2, 0.25) is 0 Å². The van der Waals surface area contributed by atoms with Gasteiger partial charge in [0.05, 0.1) is 6.61 Å². The topological polar surface area (TPSA) is 50.4 Å². The van der Waals surface area contributed by atoms with E-state index in [1.165, 1.54) is 0 Å². The zero-order valence-electron chi connectivity index (χ0n) is 13.0. The molecule has 0 spiro atoms. The van der Waals surface area contributed by atoms with Crippen LogP contribution in [0.15, 0.2) is 24.3 Å². The standard InChI is InChI=1S/C16H26N2O2.ClH/c1-3-11-20-13-15-8-5-4-7-14(15)12-18-16(19)9-6-10-17-2;/h4-5,7-8,17H,3,6,9-13H2,1-2H3,(H,18,19);1H. The van der Waals surface area contributed by atoms with Crippen LogP contribution in [-0.4, -0.2) is 26.1 Å². The van der Waals surface area contributed by atoms with Gasteiger partial charge in [0, 0.05) is 19.6 Å². The van der Waals surface area contributed by atoms with Gasteiger partial charge in [-0.25, -0.2) is 0 Å². The lowest BCUT2D eigenvalue weighted by molar-refractivity contribution is -0.121. The minimum absolute atomic E-state index is 0. The molecule has 0 bridgehead atoms. The first kappa shape index (κ1) is 19.9. The lowest BCUT2D eigenvalue weighted by Crippen LogP contribution is -2.24. The van der Waals surface area contributed by atoms with Gasteiger partial charge < -0.3 is 15.4 Å². The Morgan fingerprint density at radius 1 is 1.24 bits per heavy atom. The Bertz CT molecular complexity index is 400. The van der Waals surface area contributed by atoms with E-state index in [1.54, 1.807) is 0 Å². The number of hydrogen-bond acceptors (Lipinski definition) is 3. The Hall–Kier alpha value is -1.10. The normalized spacial score (nSPS) is 10.0. The van der Waals surface area contributed by atoms with Gasteiger partial charge in [-0.15, -0.1) is 12.4 Å². The van der Waals surface area contributed by atoms with E-state index in [0.717, 1.165) is 37.1 Å². The molecule has 4 nitrogen and oxygen atoms in total. The molecule has 1 rings (SSSR count). The molecule has 0 atom stereocenters. The molecular formula is C16H27ClN2O2. The monoisotopic (exact) mass is 314 g/mol. The van der Waals surface area contributed by atoms with E-state index in [9.17, 15) is 4.79 Å². The van der Waals surface area contributed by atoms with E-state index >= 15 is 0 Å². The van der Waals surface area contributed by atoms with Crippen LogP contribution in [0.5, 0.6) is 0 Å². The van der Waals surface area contributed by atoms with Crippen LogP contribution in [0.1, 0.15) is 37.3 Å². The maximum absolute atomic E-state index is 11.7. The van der Waals surface area contributed by atoms with Crippen LogP contribution < -0.4 is 10.6 Å². The third kappa shape index (κ3) is 8.71. The third-order valence-corrected chi connectivity index (χ3v) is 3.03. The summed E-state index contributed by atoms with van der Waals surface area (Å²) in [5, 5.41) is 6.00. The minimum atomic E-state index is 0.